The number of hydrogen-bond donors (Lipinski definition) is 0. The Morgan fingerprint density at radius 3 is 2.41 bits per heavy atom. The third kappa shape index (κ3) is 6.11. The summed E-state index contributed by atoms with van der Waals surface area (Å²) >= 11 is 12.4. The molecule has 0 saturated carbocycles. The molecule has 0 aliphatic rings. The van der Waals surface area contributed by atoms with Gasteiger partial charge in [-0.15, -0.1) is 0 Å². The molecule has 0 amide bonds. The average Bonchev–Trinajstić information content (AvgIpc) is 3.35. The van der Waals surface area contributed by atoms with Gasteiger partial charge in [0.05, 0.1) is 63.3 Å². The zero-order valence-corrected chi connectivity index (χ0v) is 22.6. The summed E-state index contributed by atoms with van der Waals surface area (Å²) in [5, 5.41) is 10.1. The second-order valence-electron chi connectivity index (χ2n) is 8.90. The lowest BCUT2D eigenvalue weighted by Crippen LogP contribution is -2.24. The van der Waals surface area contributed by atoms with Crippen LogP contribution in [-0.4, -0.2) is 26.1 Å². The van der Waals surface area contributed by atoms with E-state index in [-0.39, 0.29) is 18.2 Å². The van der Waals surface area contributed by atoms with Gasteiger partial charge < -0.3 is 4.74 Å². The Morgan fingerprint density at radius 1 is 1.05 bits per heavy atom. The van der Waals surface area contributed by atoms with Crippen molar-refractivity contribution < 1.29 is 13.3 Å². The molecule has 0 N–H and O–H groups in total. The first-order valence-corrected chi connectivity index (χ1v) is 13.5. The molecule has 0 radical (unpaired) electrons. The van der Waals surface area contributed by atoms with Crippen LogP contribution >= 0.6 is 23.2 Å². The summed E-state index contributed by atoms with van der Waals surface area (Å²) < 4.78 is 34.6. The molecule has 0 aliphatic heterocycles. The molecule has 1 atom stereocenters. The van der Waals surface area contributed by atoms with Crippen LogP contribution in [0.5, 0.6) is 0 Å². The highest BCUT2D eigenvalue weighted by atomic mass is 35.5. The predicted molar refractivity (Wildman–Crippen MR) is 144 cm³/mol. The van der Waals surface area contributed by atoms with Crippen LogP contribution in [0.4, 0.5) is 4.39 Å². The molecule has 1 heterocycles. The maximum atomic E-state index is 13.7. The van der Waals surface area contributed by atoms with Crippen molar-refractivity contribution in [3.8, 4) is 11.8 Å². The Hall–Kier alpha value is -3.02. The molecule has 0 bridgehead atoms. The minimum Gasteiger partial charge on any atom is -0.376 e. The van der Waals surface area contributed by atoms with Gasteiger partial charge in [-0.25, -0.2) is 9.37 Å². The third-order valence-corrected chi connectivity index (χ3v) is 8.04. The monoisotopic (exact) mass is 555 g/mol. The van der Waals surface area contributed by atoms with Gasteiger partial charge in [0.15, 0.2) is 0 Å². The lowest BCUT2D eigenvalue weighted by atomic mass is 9.81. The van der Waals surface area contributed by atoms with Crippen LogP contribution in [0.3, 0.4) is 0 Å². The van der Waals surface area contributed by atoms with Crippen molar-refractivity contribution in [1.82, 2.24) is 9.55 Å². The van der Waals surface area contributed by atoms with Gasteiger partial charge in [-0.05, 0) is 59.7 Å². The predicted octanol–water partition coefficient (Wildman–Crippen LogP) is 6.84. The Labute approximate surface area is 227 Å². The molecule has 5 nitrogen and oxygen atoms in total. The summed E-state index contributed by atoms with van der Waals surface area (Å²) in [7, 11) is -1.50. The number of ether oxygens (including phenoxy) is 1. The van der Waals surface area contributed by atoms with Crippen LogP contribution in [0.2, 0.25) is 10.0 Å². The van der Waals surface area contributed by atoms with Gasteiger partial charge >= 0.3 is 0 Å². The highest BCUT2D eigenvalue weighted by Gasteiger charge is 2.31. The number of hydrogen-bond acceptors (Lipinski definition) is 4. The quantitative estimate of drug-likeness (QED) is 0.212. The van der Waals surface area contributed by atoms with Crippen molar-refractivity contribution in [3.05, 3.63) is 111 Å². The van der Waals surface area contributed by atoms with Crippen LogP contribution in [0.1, 0.15) is 36.2 Å². The molecule has 0 fully saturated rings. The summed E-state index contributed by atoms with van der Waals surface area (Å²) in [6.07, 6.45) is 1.69. The van der Waals surface area contributed by atoms with Crippen molar-refractivity contribution in [1.29, 1.82) is 5.26 Å². The Bertz CT molecular complexity index is 1460. The Balaban J connectivity index is 1.59. The third-order valence-electron chi connectivity index (χ3n) is 6.06. The minimum absolute atomic E-state index is 0.223. The number of benzene rings is 3. The molecule has 0 spiro atoms. The smallest absolute Gasteiger partial charge is 0.203 e. The van der Waals surface area contributed by atoms with Crippen molar-refractivity contribution in [3.63, 3.8) is 0 Å². The molecular formula is C28H24Cl2FN3O2S. The lowest BCUT2D eigenvalue weighted by Gasteiger charge is -2.27. The Kier molecular flexibility index (Phi) is 8.46. The van der Waals surface area contributed by atoms with Crippen LogP contribution in [-0.2, 0) is 27.6 Å². The van der Waals surface area contributed by atoms with Crippen molar-refractivity contribution >= 4 is 34.0 Å². The number of aromatic nitrogens is 2. The zero-order chi connectivity index (χ0) is 26.6. The zero-order valence-electron chi connectivity index (χ0n) is 20.2. The van der Waals surface area contributed by atoms with E-state index in [2.05, 4.69) is 11.1 Å². The average molecular weight is 556 g/mol. The van der Waals surface area contributed by atoms with Gasteiger partial charge in [0.25, 0.3) is 0 Å². The SMILES string of the molecule is CC(C)(c1ccc(Cl)c(Cl)c1)c1cnc(S(=O)CCOCc2ccc(C#N)cc2)n1-c1ccc(F)cc1. The van der Waals surface area contributed by atoms with E-state index >= 15 is 0 Å². The molecule has 1 unspecified atom stereocenters. The van der Waals surface area contributed by atoms with Gasteiger partial charge in [-0.1, -0.05) is 55.2 Å². The fourth-order valence-corrected chi connectivity index (χ4v) is 5.23. The van der Waals surface area contributed by atoms with Crippen LogP contribution in [0, 0.1) is 17.1 Å². The molecular weight excluding hydrogens is 532 g/mol. The normalized spacial score (nSPS) is 12.3. The van der Waals surface area contributed by atoms with E-state index in [1.54, 1.807) is 47.2 Å². The van der Waals surface area contributed by atoms with E-state index < -0.39 is 16.2 Å². The molecule has 190 valence electrons. The van der Waals surface area contributed by atoms with Gasteiger partial charge in [-0.2, -0.15) is 5.26 Å². The highest BCUT2D eigenvalue weighted by molar-refractivity contribution is 7.84. The van der Waals surface area contributed by atoms with Crippen molar-refractivity contribution in [2.45, 2.75) is 31.0 Å². The molecule has 37 heavy (non-hydrogen) atoms. The molecule has 9 heteroatoms. The summed E-state index contributed by atoms with van der Waals surface area (Å²) in [6, 6.07) is 20.6. The molecule has 3 aromatic carbocycles. The first kappa shape index (κ1) is 27.0. The summed E-state index contributed by atoms with van der Waals surface area (Å²) in [6.45, 7) is 4.60. The number of halogens is 3. The molecule has 0 aliphatic carbocycles. The largest absolute Gasteiger partial charge is 0.376 e. The van der Waals surface area contributed by atoms with E-state index in [1.807, 2.05) is 32.0 Å². The fraction of sp³-hybridized carbons (Fsp3) is 0.214. The van der Waals surface area contributed by atoms with E-state index in [4.69, 9.17) is 33.2 Å². The molecule has 0 saturated heterocycles. The number of rotatable bonds is 9. The summed E-state index contributed by atoms with van der Waals surface area (Å²) in [5.74, 6) is -0.144. The van der Waals surface area contributed by atoms with Crippen LogP contribution in [0.25, 0.3) is 5.69 Å². The number of nitriles is 1. The number of imidazole rings is 1. The van der Waals surface area contributed by atoms with Crippen LogP contribution < -0.4 is 0 Å². The van der Waals surface area contributed by atoms with E-state index in [0.29, 0.717) is 33.1 Å². The van der Waals surface area contributed by atoms with Crippen LogP contribution in [0.15, 0.2) is 78.1 Å². The van der Waals surface area contributed by atoms with E-state index in [9.17, 15) is 8.60 Å². The second kappa shape index (κ2) is 11.6. The van der Waals surface area contributed by atoms with Gasteiger partial charge in [0, 0.05) is 11.1 Å². The molecule has 1 aromatic heterocycles. The fourth-order valence-electron chi connectivity index (χ4n) is 3.90. The lowest BCUT2D eigenvalue weighted by molar-refractivity contribution is 0.136. The van der Waals surface area contributed by atoms with Gasteiger partial charge in [-0.3, -0.25) is 8.78 Å². The summed E-state index contributed by atoms with van der Waals surface area (Å²) in [4.78, 5) is 4.53. The van der Waals surface area contributed by atoms with Gasteiger partial charge in [0.2, 0.25) is 5.16 Å². The standard InChI is InChI=1S/C28H24Cl2FN3O2S/c1-28(2,21-7-12-24(29)25(30)15-21)26-17-33-27(34(26)23-10-8-22(31)9-11-23)37(35)14-13-36-18-20-5-3-19(16-32)4-6-20/h3-12,15,17H,13-14,18H2,1-2H3. The highest BCUT2D eigenvalue weighted by Crippen LogP contribution is 2.37. The maximum absolute atomic E-state index is 13.7. The first-order chi connectivity index (χ1) is 17.7. The van der Waals surface area contributed by atoms with Gasteiger partial charge in [0.1, 0.15) is 5.82 Å². The molecule has 4 aromatic rings. The first-order valence-electron chi connectivity index (χ1n) is 11.5. The van der Waals surface area contributed by atoms with Crippen molar-refractivity contribution in [2.24, 2.45) is 0 Å². The van der Waals surface area contributed by atoms with E-state index in [0.717, 1.165) is 16.8 Å². The molecule has 4 rings (SSSR count). The van der Waals surface area contributed by atoms with Crippen molar-refractivity contribution in [2.75, 3.05) is 12.4 Å². The van der Waals surface area contributed by atoms with E-state index in [1.165, 1.54) is 12.1 Å². The number of nitrogens with zero attached hydrogens (tertiary/aromatic N) is 3. The maximum Gasteiger partial charge on any atom is 0.203 e. The topological polar surface area (TPSA) is 67.9 Å². The minimum atomic E-state index is -1.50. The summed E-state index contributed by atoms with van der Waals surface area (Å²) in [5.41, 5.74) is 3.21. The second-order valence-corrected chi connectivity index (χ2v) is 11.2. The Morgan fingerprint density at radius 2 is 1.76 bits per heavy atom.